The van der Waals surface area contributed by atoms with Crippen LogP contribution in [0.3, 0.4) is 0 Å². The lowest BCUT2D eigenvalue weighted by Gasteiger charge is -2.42. The predicted octanol–water partition coefficient (Wildman–Crippen LogP) is 1.89. The summed E-state index contributed by atoms with van der Waals surface area (Å²) in [4.78, 5) is 13.8. The molecule has 1 spiro atoms. The van der Waals surface area contributed by atoms with Gasteiger partial charge in [-0.25, -0.2) is 0 Å². The fraction of sp³-hybridized carbons (Fsp3) is 0.917. The second-order valence-corrected chi connectivity index (χ2v) is 5.86. The quantitative estimate of drug-likeness (QED) is 0.711. The number of methoxy groups -OCH3 is 1. The Morgan fingerprint density at radius 2 is 2.31 bits per heavy atom. The van der Waals surface area contributed by atoms with Crippen LogP contribution in [0, 0.1) is 11.3 Å². The van der Waals surface area contributed by atoms with Crippen molar-refractivity contribution in [2.45, 2.75) is 31.6 Å². The Kier molecular flexibility index (Phi) is 3.45. The van der Waals surface area contributed by atoms with Crippen LogP contribution in [0.15, 0.2) is 0 Å². The van der Waals surface area contributed by atoms with Crippen LogP contribution < -0.4 is 0 Å². The van der Waals surface area contributed by atoms with Crippen LogP contribution in [-0.2, 0) is 9.53 Å². The van der Waals surface area contributed by atoms with E-state index in [9.17, 15) is 4.79 Å². The summed E-state index contributed by atoms with van der Waals surface area (Å²) in [6, 6.07) is 0. The molecule has 1 aliphatic carbocycles. The lowest BCUT2D eigenvalue weighted by atomic mass is 9.63. The van der Waals surface area contributed by atoms with Crippen molar-refractivity contribution in [2.24, 2.45) is 11.3 Å². The molecule has 2 rings (SSSR count). The average molecular weight is 246 g/mol. The largest absolute Gasteiger partial charge is 0.384 e. The maximum atomic E-state index is 11.9. The van der Waals surface area contributed by atoms with Crippen molar-refractivity contribution in [2.75, 3.05) is 26.8 Å². The normalized spacial score (nSPS) is 29.2. The highest BCUT2D eigenvalue weighted by Crippen LogP contribution is 2.51. The zero-order valence-corrected chi connectivity index (χ0v) is 10.8. The second-order valence-electron chi connectivity index (χ2n) is 5.20. The van der Waals surface area contributed by atoms with Crippen molar-refractivity contribution in [1.29, 1.82) is 0 Å². The number of carbonyl (C=O) groups is 1. The molecule has 0 radical (unpaired) electrons. The van der Waals surface area contributed by atoms with E-state index in [2.05, 4.69) is 0 Å². The lowest BCUT2D eigenvalue weighted by molar-refractivity contribution is -0.130. The van der Waals surface area contributed by atoms with Crippen molar-refractivity contribution in [3.05, 3.63) is 0 Å². The Hall–Kier alpha value is -0.280. The fourth-order valence-corrected chi connectivity index (χ4v) is 3.22. The van der Waals surface area contributed by atoms with Gasteiger partial charge in [0, 0.05) is 26.1 Å². The highest BCUT2D eigenvalue weighted by Gasteiger charge is 2.51. The van der Waals surface area contributed by atoms with Crippen LogP contribution in [0.2, 0.25) is 0 Å². The Labute approximate surface area is 102 Å². The van der Waals surface area contributed by atoms with Gasteiger partial charge in [0.2, 0.25) is 5.91 Å². The van der Waals surface area contributed by atoms with Gasteiger partial charge in [0.05, 0.1) is 6.61 Å². The summed E-state index contributed by atoms with van der Waals surface area (Å²) in [5.74, 6) is 0.581. The third-order valence-electron chi connectivity index (χ3n) is 4.18. The fourth-order valence-electron chi connectivity index (χ4n) is 3.08. The molecule has 16 heavy (non-hydrogen) atoms. The van der Waals surface area contributed by atoms with Gasteiger partial charge in [-0.1, -0.05) is 6.42 Å². The molecule has 0 N–H and O–H groups in total. The van der Waals surface area contributed by atoms with Gasteiger partial charge >= 0.3 is 0 Å². The van der Waals surface area contributed by atoms with E-state index in [1.165, 1.54) is 19.3 Å². The molecule has 1 saturated carbocycles. The molecule has 0 aromatic carbocycles. The number of likely N-dealkylation sites (tertiary alicyclic amines) is 1. The first kappa shape index (κ1) is 12.2. The van der Waals surface area contributed by atoms with Crippen molar-refractivity contribution < 1.29 is 9.53 Å². The van der Waals surface area contributed by atoms with Gasteiger partial charge in [0.25, 0.3) is 0 Å². The third-order valence-corrected chi connectivity index (χ3v) is 4.37. The first-order valence-electron chi connectivity index (χ1n) is 6.01. The molecule has 1 saturated heterocycles. The zero-order valence-electron chi connectivity index (χ0n) is 10.0. The van der Waals surface area contributed by atoms with Gasteiger partial charge in [0.15, 0.2) is 0 Å². The number of halogens is 1. The smallest absolute Gasteiger partial charge is 0.240 e. The van der Waals surface area contributed by atoms with Crippen LogP contribution in [-0.4, -0.2) is 43.0 Å². The molecule has 92 valence electrons. The Balaban J connectivity index is 2.03. The van der Waals surface area contributed by atoms with Crippen molar-refractivity contribution >= 4 is 17.5 Å². The van der Waals surface area contributed by atoms with E-state index in [0.717, 1.165) is 19.7 Å². The van der Waals surface area contributed by atoms with Gasteiger partial charge < -0.3 is 9.64 Å². The third kappa shape index (κ3) is 1.95. The number of hydrogen-bond donors (Lipinski definition) is 0. The Morgan fingerprint density at radius 1 is 1.62 bits per heavy atom. The number of hydrogen-bond acceptors (Lipinski definition) is 2. The second kappa shape index (κ2) is 4.53. The van der Waals surface area contributed by atoms with Crippen LogP contribution in [0.1, 0.15) is 26.2 Å². The molecule has 2 unspecified atom stereocenters. The van der Waals surface area contributed by atoms with E-state index >= 15 is 0 Å². The Bertz CT molecular complexity index is 276. The van der Waals surface area contributed by atoms with Gasteiger partial charge in [-0.15, -0.1) is 11.6 Å². The first-order valence-corrected chi connectivity index (χ1v) is 6.44. The van der Waals surface area contributed by atoms with E-state index in [4.69, 9.17) is 16.3 Å². The van der Waals surface area contributed by atoms with E-state index in [1.54, 1.807) is 14.0 Å². The first-order chi connectivity index (χ1) is 7.59. The summed E-state index contributed by atoms with van der Waals surface area (Å²) in [7, 11) is 1.74. The van der Waals surface area contributed by atoms with Crippen molar-refractivity contribution in [3.63, 3.8) is 0 Å². The minimum Gasteiger partial charge on any atom is -0.384 e. The highest BCUT2D eigenvalue weighted by atomic mass is 35.5. The maximum absolute atomic E-state index is 11.9. The van der Waals surface area contributed by atoms with E-state index < -0.39 is 5.38 Å². The van der Waals surface area contributed by atoms with Crippen LogP contribution in [0.5, 0.6) is 0 Å². The van der Waals surface area contributed by atoms with Gasteiger partial charge in [0.1, 0.15) is 5.38 Å². The molecule has 2 fully saturated rings. The maximum Gasteiger partial charge on any atom is 0.240 e. The highest BCUT2D eigenvalue weighted by molar-refractivity contribution is 6.30. The zero-order chi connectivity index (χ0) is 11.8. The molecule has 1 aliphatic heterocycles. The molecule has 4 heteroatoms. The summed E-state index contributed by atoms with van der Waals surface area (Å²) in [6.45, 7) is 4.22. The van der Waals surface area contributed by atoms with Crippen LogP contribution >= 0.6 is 11.6 Å². The number of amides is 1. The standard InChI is InChI=1S/C12H20ClNO2/c1-9(13)11(15)14-6-10(7-16-2)12(8-14)4-3-5-12/h9-10H,3-8H2,1-2H3. The molecule has 1 amide bonds. The molecule has 0 aromatic heterocycles. The van der Waals surface area contributed by atoms with E-state index in [1.807, 2.05) is 4.90 Å². The van der Waals surface area contributed by atoms with E-state index in [0.29, 0.717) is 11.3 Å². The summed E-state index contributed by atoms with van der Waals surface area (Å²) in [6.07, 6.45) is 3.77. The number of carbonyl (C=O) groups excluding carboxylic acids is 1. The SMILES string of the molecule is COCC1CN(C(=O)C(C)Cl)CC12CCC2. The number of rotatable bonds is 3. The van der Waals surface area contributed by atoms with Gasteiger partial charge in [-0.3, -0.25) is 4.79 Å². The minimum absolute atomic E-state index is 0.0755. The molecule has 2 aliphatic rings. The predicted molar refractivity (Wildman–Crippen MR) is 63.5 cm³/mol. The molecule has 2 atom stereocenters. The number of alkyl halides is 1. The van der Waals surface area contributed by atoms with Crippen molar-refractivity contribution in [3.8, 4) is 0 Å². The summed E-state index contributed by atoms with van der Waals surface area (Å²) in [5.41, 5.74) is 0.345. The minimum atomic E-state index is -0.404. The topological polar surface area (TPSA) is 29.5 Å². The monoisotopic (exact) mass is 245 g/mol. The van der Waals surface area contributed by atoms with Gasteiger partial charge in [-0.05, 0) is 25.2 Å². The van der Waals surface area contributed by atoms with Gasteiger partial charge in [-0.2, -0.15) is 0 Å². The summed E-state index contributed by atoms with van der Waals surface area (Å²) in [5, 5.41) is -0.404. The van der Waals surface area contributed by atoms with Crippen LogP contribution in [0.4, 0.5) is 0 Å². The average Bonchev–Trinajstić information content (AvgIpc) is 2.56. The van der Waals surface area contributed by atoms with Crippen molar-refractivity contribution in [1.82, 2.24) is 4.90 Å². The Morgan fingerprint density at radius 3 is 2.75 bits per heavy atom. The summed E-state index contributed by atoms with van der Waals surface area (Å²) < 4.78 is 5.27. The van der Waals surface area contributed by atoms with Crippen LogP contribution in [0.25, 0.3) is 0 Å². The number of ether oxygens (including phenoxy) is 1. The molecule has 0 aromatic rings. The van der Waals surface area contributed by atoms with E-state index in [-0.39, 0.29) is 5.91 Å². The summed E-state index contributed by atoms with van der Waals surface area (Å²) >= 11 is 5.86. The lowest BCUT2D eigenvalue weighted by Crippen LogP contribution is -2.40. The number of nitrogens with zero attached hydrogens (tertiary/aromatic N) is 1. The molecular formula is C12H20ClNO2. The molecule has 3 nitrogen and oxygen atoms in total. The molecular weight excluding hydrogens is 226 g/mol. The molecule has 1 heterocycles. The molecule has 0 bridgehead atoms.